The molecule has 0 radical (unpaired) electrons. The van der Waals surface area contributed by atoms with Crippen LogP contribution in [0.3, 0.4) is 0 Å². The van der Waals surface area contributed by atoms with Crippen molar-refractivity contribution in [1.82, 2.24) is 15.8 Å². The van der Waals surface area contributed by atoms with Gasteiger partial charge in [0.15, 0.2) is 0 Å². The summed E-state index contributed by atoms with van der Waals surface area (Å²) in [6, 6.07) is 0. The van der Waals surface area contributed by atoms with E-state index in [-0.39, 0.29) is 19.1 Å². The lowest BCUT2D eigenvalue weighted by Gasteiger charge is -2.30. The number of carbonyl (C=O) groups excluding carboxylic acids is 1. The molecule has 80 valence electrons. The van der Waals surface area contributed by atoms with Gasteiger partial charge in [0.05, 0.1) is 18.7 Å². The van der Waals surface area contributed by atoms with E-state index in [1.165, 1.54) is 0 Å². The van der Waals surface area contributed by atoms with Crippen LogP contribution < -0.4 is 10.9 Å². The van der Waals surface area contributed by atoms with Gasteiger partial charge in [-0.2, -0.15) is 0 Å². The van der Waals surface area contributed by atoms with Crippen LogP contribution in [0, 0.1) is 5.41 Å². The summed E-state index contributed by atoms with van der Waals surface area (Å²) in [5.74, 6) is 0.0960. The molecule has 0 atom stereocenters. The van der Waals surface area contributed by atoms with Crippen LogP contribution in [0.15, 0.2) is 0 Å². The van der Waals surface area contributed by atoms with Gasteiger partial charge in [-0.05, 0) is 13.8 Å². The average Bonchev–Trinajstić information content (AvgIpc) is 2.20. The van der Waals surface area contributed by atoms with Crippen LogP contribution in [0.2, 0.25) is 0 Å². The fourth-order valence-corrected chi connectivity index (χ4v) is 1.28. The lowest BCUT2D eigenvalue weighted by atomic mass is 10.0. The topological polar surface area (TPSA) is 88.4 Å². The molecule has 1 heterocycles. The Balaban J connectivity index is 2.81. The molecule has 6 heteroatoms. The van der Waals surface area contributed by atoms with E-state index >= 15 is 0 Å². The van der Waals surface area contributed by atoms with Gasteiger partial charge in [0.2, 0.25) is 0 Å². The average molecular weight is 200 g/mol. The first-order valence-electron chi connectivity index (χ1n) is 4.48. The van der Waals surface area contributed by atoms with Gasteiger partial charge >= 0.3 is 0 Å². The molecule has 0 bridgehead atoms. The number of nitrogens with one attached hydrogen (secondary N) is 3. The standard InChI is InChI=1S/C8H16N4O2/c1-8(2)7(9)12(3-4-13)5-6(14)10-11-8/h9,11,13H,3-5H2,1-2H3,(H,10,14). The molecule has 14 heavy (non-hydrogen) atoms. The lowest BCUT2D eigenvalue weighted by molar-refractivity contribution is -0.122. The van der Waals surface area contributed by atoms with Crippen LogP contribution in [0.4, 0.5) is 0 Å². The maximum Gasteiger partial charge on any atom is 0.253 e. The number of aliphatic hydroxyl groups is 1. The van der Waals surface area contributed by atoms with Gasteiger partial charge in [-0.3, -0.25) is 15.6 Å². The number of hydrazine groups is 1. The number of amidine groups is 1. The van der Waals surface area contributed by atoms with Crippen molar-refractivity contribution in [1.29, 1.82) is 5.41 Å². The van der Waals surface area contributed by atoms with E-state index in [0.29, 0.717) is 12.4 Å². The minimum absolute atomic E-state index is 0.0638. The molecule has 1 rings (SSSR count). The summed E-state index contributed by atoms with van der Waals surface area (Å²) >= 11 is 0. The fraction of sp³-hybridized carbons (Fsp3) is 0.750. The van der Waals surface area contributed by atoms with Crippen molar-refractivity contribution in [2.75, 3.05) is 19.7 Å². The highest BCUT2D eigenvalue weighted by molar-refractivity contribution is 5.93. The largest absolute Gasteiger partial charge is 0.395 e. The highest BCUT2D eigenvalue weighted by Gasteiger charge is 2.32. The van der Waals surface area contributed by atoms with E-state index in [2.05, 4.69) is 10.9 Å². The van der Waals surface area contributed by atoms with E-state index < -0.39 is 5.54 Å². The van der Waals surface area contributed by atoms with Gasteiger partial charge in [-0.1, -0.05) is 0 Å². The number of β-amino-alcohol motifs (C(OH)–C–C–N with tert-alkyl or cyclic N) is 1. The van der Waals surface area contributed by atoms with Crippen molar-refractivity contribution in [3.8, 4) is 0 Å². The molecule has 0 aliphatic carbocycles. The Kier molecular flexibility index (Phi) is 3.07. The molecule has 0 aromatic rings. The minimum Gasteiger partial charge on any atom is -0.395 e. The molecular formula is C8H16N4O2. The predicted molar refractivity (Wildman–Crippen MR) is 51.7 cm³/mol. The third-order valence-corrected chi connectivity index (χ3v) is 2.13. The molecule has 1 aliphatic rings. The van der Waals surface area contributed by atoms with Crippen LogP contribution in [-0.2, 0) is 4.79 Å². The summed E-state index contributed by atoms with van der Waals surface area (Å²) < 4.78 is 0. The van der Waals surface area contributed by atoms with Crippen LogP contribution in [0.1, 0.15) is 13.8 Å². The summed E-state index contributed by atoms with van der Waals surface area (Å²) in [4.78, 5) is 12.8. The van der Waals surface area contributed by atoms with Crippen molar-refractivity contribution in [2.45, 2.75) is 19.4 Å². The molecule has 6 nitrogen and oxygen atoms in total. The Labute approximate surface area is 82.8 Å². The summed E-state index contributed by atoms with van der Waals surface area (Å²) in [6.45, 7) is 3.94. The molecule has 1 fully saturated rings. The highest BCUT2D eigenvalue weighted by atomic mass is 16.3. The van der Waals surface area contributed by atoms with Gasteiger partial charge in [0, 0.05) is 6.54 Å². The van der Waals surface area contributed by atoms with E-state index in [0.717, 1.165) is 0 Å². The Morgan fingerprint density at radius 1 is 1.64 bits per heavy atom. The number of amides is 1. The normalized spacial score (nSPS) is 21.8. The maximum absolute atomic E-state index is 11.2. The molecular weight excluding hydrogens is 184 g/mol. The monoisotopic (exact) mass is 200 g/mol. The second kappa shape index (κ2) is 3.93. The van der Waals surface area contributed by atoms with E-state index in [9.17, 15) is 4.79 Å². The van der Waals surface area contributed by atoms with Crippen molar-refractivity contribution >= 4 is 11.7 Å². The Bertz CT molecular complexity index is 252. The third kappa shape index (κ3) is 2.21. The highest BCUT2D eigenvalue weighted by Crippen LogP contribution is 2.09. The van der Waals surface area contributed by atoms with Crippen molar-refractivity contribution in [3.05, 3.63) is 0 Å². The van der Waals surface area contributed by atoms with Crippen LogP contribution in [0.25, 0.3) is 0 Å². The molecule has 0 unspecified atom stereocenters. The predicted octanol–water partition coefficient (Wildman–Crippen LogP) is -1.33. The molecule has 1 amide bonds. The smallest absolute Gasteiger partial charge is 0.253 e. The zero-order valence-corrected chi connectivity index (χ0v) is 8.42. The van der Waals surface area contributed by atoms with E-state index in [1.807, 2.05) is 0 Å². The molecule has 0 saturated carbocycles. The minimum atomic E-state index is -0.610. The van der Waals surface area contributed by atoms with Crippen molar-refractivity contribution in [2.24, 2.45) is 0 Å². The van der Waals surface area contributed by atoms with Crippen LogP contribution in [-0.4, -0.2) is 47.0 Å². The molecule has 1 aliphatic heterocycles. The molecule has 4 N–H and O–H groups in total. The number of nitrogens with zero attached hydrogens (tertiary/aromatic N) is 1. The first-order chi connectivity index (χ1) is 6.47. The fourth-order valence-electron chi connectivity index (χ4n) is 1.28. The second-order valence-electron chi connectivity index (χ2n) is 3.79. The maximum atomic E-state index is 11.2. The first-order valence-corrected chi connectivity index (χ1v) is 4.48. The zero-order valence-electron chi connectivity index (χ0n) is 8.42. The van der Waals surface area contributed by atoms with Gasteiger partial charge in [0.25, 0.3) is 5.91 Å². The number of carbonyl (C=O) groups is 1. The molecule has 0 aromatic carbocycles. The summed E-state index contributed by atoms with van der Waals surface area (Å²) in [7, 11) is 0. The zero-order chi connectivity index (χ0) is 10.8. The summed E-state index contributed by atoms with van der Waals surface area (Å²) in [5.41, 5.74) is 4.65. The number of hydrogen-bond donors (Lipinski definition) is 4. The molecule has 0 aromatic heterocycles. The SMILES string of the molecule is CC1(C)NNC(=O)CN(CCO)C1=N. The number of aliphatic hydroxyl groups excluding tert-OH is 1. The van der Waals surface area contributed by atoms with Gasteiger partial charge in [-0.15, -0.1) is 0 Å². The Morgan fingerprint density at radius 3 is 2.86 bits per heavy atom. The number of rotatable bonds is 2. The first kappa shape index (κ1) is 10.9. The van der Waals surface area contributed by atoms with Crippen molar-refractivity contribution in [3.63, 3.8) is 0 Å². The Hall–Kier alpha value is -1.14. The Morgan fingerprint density at radius 2 is 2.29 bits per heavy atom. The van der Waals surface area contributed by atoms with E-state index in [4.69, 9.17) is 10.5 Å². The van der Waals surface area contributed by atoms with Crippen LogP contribution >= 0.6 is 0 Å². The van der Waals surface area contributed by atoms with Gasteiger partial charge in [0.1, 0.15) is 5.84 Å². The van der Waals surface area contributed by atoms with Crippen molar-refractivity contribution < 1.29 is 9.90 Å². The van der Waals surface area contributed by atoms with Gasteiger partial charge < -0.3 is 10.0 Å². The van der Waals surface area contributed by atoms with E-state index in [1.54, 1.807) is 18.7 Å². The van der Waals surface area contributed by atoms with Crippen LogP contribution in [0.5, 0.6) is 0 Å². The molecule has 1 saturated heterocycles. The summed E-state index contributed by atoms with van der Waals surface area (Å²) in [6.07, 6.45) is 0. The third-order valence-electron chi connectivity index (χ3n) is 2.13. The molecule has 0 spiro atoms. The number of hydrogen-bond acceptors (Lipinski definition) is 4. The second-order valence-corrected chi connectivity index (χ2v) is 3.79. The van der Waals surface area contributed by atoms with Gasteiger partial charge in [-0.25, -0.2) is 5.43 Å². The summed E-state index contributed by atoms with van der Waals surface area (Å²) in [5, 5.41) is 16.6. The lowest BCUT2D eigenvalue weighted by Crippen LogP contribution is -2.54. The quantitative estimate of drug-likeness (QED) is 0.445.